The van der Waals surface area contributed by atoms with Crippen LogP contribution >= 0.6 is 0 Å². The minimum atomic E-state index is -4.20. The lowest BCUT2D eigenvalue weighted by Gasteiger charge is -2.11. The second-order valence-corrected chi connectivity index (χ2v) is 2.70. The van der Waals surface area contributed by atoms with Crippen molar-refractivity contribution < 1.29 is 13.2 Å². The fourth-order valence-electron chi connectivity index (χ4n) is 0.609. The number of alkyl halides is 3. The smallest absolute Gasteiger partial charge is 0.167 e. The maximum Gasteiger partial charge on any atom is 0.412 e. The van der Waals surface area contributed by atoms with Gasteiger partial charge in [0.05, 0.1) is 0 Å². The molecule has 0 aromatic rings. The third-order valence-electron chi connectivity index (χ3n) is 1.06. The van der Waals surface area contributed by atoms with Crippen molar-refractivity contribution in [3.63, 3.8) is 0 Å². The van der Waals surface area contributed by atoms with Gasteiger partial charge in [0.2, 0.25) is 0 Å². The first-order valence-corrected chi connectivity index (χ1v) is 3.09. The summed E-state index contributed by atoms with van der Waals surface area (Å²) in [6, 6.07) is 0. The van der Waals surface area contributed by atoms with Crippen molar-refractivity contribution in [2.45, 2.75) is 26.4 Å². The highest BCUT2D eigenvalue weighted by Crippen LogP contribution is 2.28. The zero-order chi connectivity index (χ0) is 8.36. The monoisotopic (exact) mass is 152 g/mol. The van der Waals surface area contributed by atoms with E-state index in [1.807, 2.05) is 0 Å². The van der Waals surface area contributed by atoms with Gasteiger partial charge in [-0.15, -0.1) is 0 Å². The Bertz CT molecular complexity index is 121. The number of hydrogen-bond acceptors (Lipinski definition) is 0. The van der Waals surface area contributed by atoms with Gasteiger partial charge in [0.15, 0.2) is 0 Å². The van der Waals surface area contributed by atoms with E-state index in [1.165, 1.54) is 0 Å². The van der Waals surface area contributed by atoms with Crippen LogP contribution in [0.1, 0.15) is 20.3 Å². The topological polar surface area (TPSA) is 0 Å². The van der Waals surface area contributed by atoms with Gasteiger partial charge in [-0.3, -0.25) is 0 Å². The lowest BCUT2D eigenvalue weighted by molar-refractivity contribution is -0.0945. The van der Waals surface area contributed by atoms with Crippen LogP contribution in [-0.4, -0.2) is 6.18 Å². The predicted molar refractivity (Wildman–Crippen MR) is 34.6 cm³/mol. The zero-order valence-electron chi connectivity index (χ0n) is 6.13. The van der Waals surface area contributed by atoms with Crippen LogP contribution in [0.4, 0.5) is 13.2 Å². The maximum atomic E-state index is 11.7. The Balaban J connectivity index is 3.87. The van der Waals surface area contributed by atoms with Crippen LogP contribution in [0.3, 0.4) is 0 Å². The Morgan fingerprint density at radius 2 is 1.80 bits per heavy atom. The lowest BCUT2D eigenvalue weighted by Crippen LogP contribution is -2.12. The minimum absolute atomic E-state index is 0.0223. The normalized spacial score (nSPS) is 12.2. The van der Waals surface area contributed by atoms with Gasteiger partial charge >= 0.3 is 6.18 Å². The van der Waals surface area contributed by atoms with Crippen LogP contribution in [0.25, 0.3) is 0 Å². The molecule has 0 N–H and O–H groups in total. The molecule has 0 saturated carbocycles. The zero-order valence-corrected chi connectivity index (χ0v) is 6.13. The molecule has 0 unspecified atom stereocenters. The van der Waals surface area contributed by atoms with E-state index >= 15 is 0 Å². The molecule has 0 atom stereocenters. The van der Waals surface area contributed by atoms with Gasteiger partial charge < -0.3 is 0 Å². The van der Waals surface area contributed by atoms with Crippen LogP contribution in [0.2, 0.25) is 0 Å². The molecule has 60 valence electrons. The van der Waals surface area contributed by atoms with Crippen molar-refractivity contribution in [2.24, 2.45) is 5.92 Å². The number of allylic oxidation sites excluding steroid dienone is 1. The molecule has 0 nitrogen and oxygen atoms in total. The number of rotatable bonds is 2. The number of halogens is 3. The molecule has 0 rings (SSSR count). The molecule has 10 heavy (non-hydrogen) atoms. The lowest BCUT2D eigenvalue weighted by atomic mass is 10.0. The van der Waals surface area contributed by atoms with E-state index in [-0.39, 0.29) is 12.3 Å². The van der Waals surface area contributed by atoms with Gasteiger partial charge in [0, 0.05) is 5.57 Å². The van der Waals surface area contributed by atoms with E-state index in [0.717, 1.165) is 0 Å². The van der Waals surface area contributed by atoms with E-state index < -0.39 is 11.7 Å². The summed E-state index contributed by atoms with van der Waals surface area (Å²) in [6.45, 7) is 6.41. The second-order valence-electron chi connectivity index (χ2n) is 2.70. The van der Waals surface area contributed by atoms with Gasteiger partial charge in [-0.2, -0.15) is 13.2 Å². The van der Waals surface area contributed by atoms with Gasteiger partial charge in [0.25, 0.3) is 0 Å². The standard InChI is InChI=1S/C7H11F3/c1-5(2)4-6(3)7(8,9)10/h5H,3-4H2,1-2H3. The Morgan fingerprint density at radius 3 is 1.90 bits per heavy atom. The third kappa shape index (κ3) is 3.54. The Kier molecular flexibility index (Phi) is 2.94. The Morgan fingerprint density at radius 1 is 1.40 bits per heavy atom. The van der Waals surface area contributed by atoms with Gasteiger partial charge in [0.1, 0.15) is 0 Å². The van der Waals surface area contributed by atoms with E-state index in [2.05, 4.69) is 6.58 Å². The molecule has 0 aliphatic rings. The molecule has 0 heterocycles. The molecule has 0 fully saturated rings. The summed E-state index contributed by atoms with van der Waals surface area (Å²) < 4.78 is 35.1. The minimum Gasteiger partial charge on any atom is -0.167 e. The first kappa shape index (κ1) is 9.53. The summed E-state index contributed by atoms with van der Waals surface area (Å²) in [5, 5.41) is 0. The molecule has 0 aliphatic carbocycles. The molecule has 0 radical (unpaired) electrons. The summed E-state index contributed by atoms with van der Waals surface area (Å²) in [7, 11) is 0. The molecule has 0 aromatic carbocycles. The second kappa shape index (κ2) is 3.08. The largest absolute Gasteiger partial charge is 0.412 e. The van der Waals surface area contributed by atoms with Crippen LogP contribution in [-0.2, 0) is 0 Å². The maximum absolute atomic E-state index is 11.7. The van der Waals surface area contributed by atoms with E-state index in [4.69, 9.17) is 0 Å². The molecule has 0 aromatic heterocycles. The summed E-state index contributed by atoms with van der Waals surface area (Å²) in [6.07, 6.45) is -4.17. The van der Waals surface area contributed by atoms with Crippen molar-refractivity contribution in [1.82, 2.24) is 0 Å². The summed E-state index contributed by atoms with van der Waals surface area (Å²) in [5.41, 5.74) is -0.637. The predicted octanol–water partition coefficient (Wildman–Crippen LogP) is 3.15. The SMILES string of the molecule is C=C(CC(C)C)C(F)(F)F. The molecule has 0 saturated heterocycles. The van der Waals surface area contributed by atoms with Crippen LogP contribution in [0.5, 0.6) is 0 Å². The van der Waals surface area contributed by atoms with E-state index in [9.17, 15) is 13.2 Å². The van der Waals surface area contributed by atoms with Crippen molar-refractivity contribution in [1.29, 1.82) is 0 Å². The molecule has 3 heteroatoms. The summed E-state index contributed by atoms with van der Waals surface area (Å²) in [5.74, 6) is 0.0223. The Hall–Kier alpha value is -0.470. The molecule has 0 amide bonds. The van der Waals surface area contributed by atoms with Crippen LogP contribution in [0, 0.1) is 5.92 Å². The summed E-state index contributed by atoms with van der Waals surface area (Å²) >= 11 is 0. The van der Waals surface area contributed by atoms with Crippen molar-refractivity contribution in [2.75, 3.05) is 0 Å². The highest BCUT2D eigenvalue weighted by molar-refractivity contribution is 5.02. The molecule has 0 bridgehead atoms. The average molecular weight is 152 g/mol. The van der Waals surface area contributed by atoms with Gasteiger partial charge in [-0.05, 0) is 12.3 Å². The van der Waals surface area contributed by atoms with Gasteiger partial charge in [-0.25, -0.2) is 0 Å². The van der Waals surface area contributed by atoms with Crippen LogP contribution in [0.15, 0.2) is 12.2 Å². The quantitative estimate of drug-likeness (QED) is 0.533. The average Bonchev–Trinajstić information content (AvgIpc) is 1.60. The Labute approximate surface area is 58.7 Å². The van der Waals surface area contributed by atoms with E-state index in [1.54, 1.807) is 13.8 Å². The highest BCUT2D eigenvalue weighted by atomic mass is 19.4. The molecular formula is C7H11F3. The van der Waals surface area contributed by atoms with E-state index in [0.29, 0.717) is 0 Å². The number of hydrogen-bond donors (Lipinski definition) is 0. The first-order chi connectivity index (χ1) is 4.34. The fraction of sp³-hybridized carbons (Fsp3) is 0.714. The van der Waals surface area contributed by atoms with Crippen molar-refractivity contribution >= 4 is 0 Å². The summed E-state index contributed by atoms with van der Waals surface area (Å²) in [4.78, 5) is 0. The van der Waals surface area contributed by atoms with Crippen molar-refractivity contribution in [3.8, 4) is 0 Å². The molecule has 0 spiro atoms. The van der Waals surface area contributed by atoms with Crippen molar-refractivity contribution in [3.05, 3.63) is 12.2 Å². The molecule has 0 aliphatic heterocycles. The highest BCUT2D eigenvalue weighted by Gasteiger charge is 2.31. The first-order valence-electron chi connectivity index (χ1n) is 3.09. The fourth-order valence-corrected chi connectivity index (χ4v) is 0.609. The van der Waals surface area contributed by atoms with Gasteiger partial charge in [-0.1, -0.05) is 20.4 Å². The molecular weight excluding hydrogens is 141 g/mol. The van der Waals surface area contributed by atoms with Crippen LogP contribution < -0.4 is 0 Å². The third-order valence-corrected chi connectivity index (χ3v) is 1.06.